The molecule has 0 saturated heterocycles. The zero-order valence-corrected chi connectivity index (χ0v) is 43.3. The fraction of sp³-hybridized carbons (Fsp3) is 0.523. The number of aliphatic hydroxyl groups is 12. The molecule has 0 radical (unpaired) electrons. The molecule has 3 aromatic rings. The van der Waals surface area contributed by atoms with Crippen molar-refractivity contribution in [3.05, 3.63) is 52.1 Å². The number of nitrogens with two attached hydrogens (primary N) is 1. The Kier molecular flexibility index (Phi) is 26.7. The van der Waals surface area contributed by atoms with E-state index in [2.05, 4.69) is 43.2 Å². The Balaban J connectivity index is 1.87. The molecule has 0 aliphatic heterocycles. The topological polar surface area (TPSA) is 639 Å². The van der Waals surface area contributed by atoms with Crippen LogP contribution in [0.25, 0.3) is 11.2 Å². The molecule has 2 heterocycles. The van der Waals surface area contributed by atoms with Crippen LogP contribution in [0.5, 0.6) is 0 Å². The van der Waals surface area contributed by atoms with Gasteiger partial charge >= 0.3 is 17.9 Å². The predicted molar refractivity (Wildman–Crippen MR) is 273 cm³/mol. The Hall–Kier alpha value is -7.86. The summed E-state index contributed by atoms with van der Waals surface area (Å²) in [6, 6.07) is -9.05. The number of nitrogen functional groups attached to an aromatic ring is 1. The van der Waals surface area contributed by atoms with Gasteiger partial charge in [-0.15, -0.1) is 0 Å². The van der Waals surface area contributed by atoms with Crippen LogP contribution < -0.4 is 48.5 Å². The van der Waals surface area contributed by atoms with Crippen LogP contribution in [-0.4, -0.2) is 267 Å². The number of carboxylic acid groups (broad SMARTS) is 3. The summed E-state index contributed by atoms with van der Waals surface area (Å²) >= 11 is 3.75. The van der Waals surface area contributed by atoms with Crippen LogP contribution in [0.15, 0.2) is 35.3 Å². The lowest BCUT2D eigenvalue weighted by Gasteiger charge is -2.33. The first-order chi connectivity index (χ1) is 38.5. The van der Waals surface area contributed by atoms with E-state index >= 15 is 0 Å². The lowest BCUT2D eigenvalue weighted by atomic mass is 9.96. The van der Waals surface area contributed by atoms with Crippen LogP contribution in [0.4, 0.5) is 11.6 Å². The number of hydrogen-bond donors (Lipinski definition) is 25. The number of rotatable bonds is 34. The summed E-state index contributed by atoms with van der Waals surface area (Å²) in [6.45, 7) is -3.94. The van der Waals surface area contributed by atoms with E-state index in [4.69, 9.17) is 5.73 Å². The quantitative estimate of drug-likeness (QED) is 0.0247. The second-order valence-electron chi connectivity index (χ2n) is 17.8. The Morgan fingerprint density at radius 1 is 0.585 bits per heavy atom. The Morgan fingerprint density at radius 2 is 1.05 bits per heavy atom. The summed E-state index contributed by atoms with van der Waals surface area (Å²) in [4.78, 5) is 144. The second kappa shape index (κ2) is 32.0. The number of carbonyl (C=O) groups excluding carboxylic acids is 6. The number of amides is 6. The summed E-state index contributed by atoms with van der Waals surface area (Å²) in [5, 5.41) is 166. The monoisotopic (exact) mass is 1190 g/mol. The van der Waals surface area contributed by atoms with Gasteiger partial charge in [-0.25, -0.2) is 19.6 Å². The zero-order valence-electron chi connectivity index (χ0n) is 42.4. The van der Waals surface area contributed by atoms with Gasteiger partial charge in [0.1, 0.15) is 91.2 Å². The molecule has 1 aromatic carbocycles. The number of aliphatic carboxylic acids is 3. The summed E-state index contributed by atoms with van der Waals surface area (Å²) < 4.78 is 0. The number of nitrogens with one attached hydrogen (secondary N) is 8. The van der Waals surface area contributed by atoms with Crippen molar-refractivity contribution in [1.82, 2.24) is 51.8 Å². The second-order valence-corrected chi connectivity index (χ2v) is 18.1. The molecule has 0 spiro atoms. The first-order valence-corrected chi connectivity index (χ1v) is 24.5. The van der Waals surface area contributed by atoms with Gasteiger partial charge in [-0.1, -0.05) is 0 Å². The average molecular weight is 1190 g/mol. The molecule has 37 nitrogen and oxygen atoms in total. The number of carbonyl (C=O) groups is 9. The maximum absolute atomic E-state index is 13.9. The van der Waals surface area contributed by atoms with E-state index in [-0.39, 0.29) is 29.2 Å². The molecule has 38 heteroatoms. The van der Waals surface area contributed by atoms with Crippen molar-refractivity contribution in [2.24, 2.45) is 0 Å². The van der Waals surface area contributed by atoms with E-state index in [1.54, 1.807) is 21.3 Å². The molecule has 25 N–H and O–H groups in total. The molecule has 15 atom stereocenters. The minimum Gasteiger partial charge on any atom is -0.481 e. The number of aromatic amines is 1. The summed E-state index contributed by atoms with van der Waals surface area (Å²) in [5.74, 6) is -16.0. The van der Waals surface area contributed by atoms with Gasteiger partial charge in [0.25, 0.3) is 11.5 Å². The van der Waals surface area contributed by atoms with Gasteiger partial charge < -0.3 is 120 Å². The lowest BCUT2D eigenvalue weighted by molar-refractivity contribution is -0.148. The van der Waals surface area contributed by atoms with Crippen molar-refractivity contribution in [2.45, 2.75) is 117 Å². The maximum atomic E-state index is 13.9. The summed E-state index contributed by atoms with van der Waals surface area (Å²) in [6.07, 6.45) is -25.0. The van der Waals surface area contributed by atoms with Gasteiger partial charge in [-0.3, -0.25) is 43.3 Å². The molecule has 0 saturated carbocycles. The van der Waals surface area contributed by atoms with Crippen LogP contribution in [0.1, 0.15) is 35.3 Å². The van der Waals surface area contributed by atoms with Gasteiger partial charge in [-0.2, -0.15) is 17.6 Å². The predicted octanol–water partition coefficient (Wildman–Crippen LogP) is -12.0. The molecule has 0 bridgehead atoms. The van der Waals surface area contributed by atoms with E-state index in [1.165, 1.54) is 30.5 Å². The molecule has 2 unspecified atom stereocenters. The number of aliphatic hydroxyl groups excluding tert-OH is 12. The molecule has 82 heavy (non-hydrogen) atoms. The van der Waals surface area contributed by atoms with Gasteiger partial charge in [0.15, 0.2) is 11.2 Å². The SMILES string of the molecule is Nc1nc2ncc(CNc3ccc(C(=O)N[C@@H](CCC(=O)NC(C(=O)N[C@@H](CC(=O)O)C(=O)NC(C(=O)N[C@H](C(=O)N[C@H](CS)C(=O)O)[C@@H](O)[C@H](O)[C@H](O)CO)[C@@H](O)[C@H](O)[C@H](O)CO)[C@@H](O)[C@H](O)[C@H](O)CO)C(=O)O)cc3)nc2c(=O)[nH]1. The zero-order chi connectivity index (χ0) is 61.9. The first-order valence-electron chi connectivity index (χ1n) is 23.9. The van der Waals surface area contributed by atoms with Crippen molar-refractivity contribution >= 4 is 88.8 Å². The molecule has 3 rings (SSSR count). The van der Waals surface area contributed by atoms with Crippen LogP contribution >= 0.6 is 12.6 Å². The molecule has 454 valence electrons. The van der Waals surface area contributed by atoms with Gasteiger partial charge in [-0.05, 0) is 30.7 Å². The van der Waals surface area contributed by atoms with Crippen LogP contribution in [0.2, 0.25) is 0 Å². The number of hydrogen-bond acceptors (Lipinski definition) is 28. The smallest absolute Gasteiger partial charge is 0.327 e. The Labute approximate surface area is 465 Å². The third-order valence-corrected chi connectivity index (χ3v) is 12.1. The van der Waals surface area contributed by atoms with Crippen LogP contribution in [0.3, 0.4) is 0 Å². The summed E-state index contributed by atoms with van der Waals surface area (Å²) in [5.41, 5.74) is 5.43. The van der Waals surface area contributed by atoms with Crippen molar-refractivity contribution in [2.75, 3.05) is 36.6 Å². The average Bonchev–Trinajstić information content (AvgIpc) is 3.62. The van der Waals surface area contributed by atoms with E-state index in [1.807, 2.05) is 5.32 Å². The molecule has 6 amide bonds. The minimum absolute atomic E-state index is 0.00368. The van der Waals surface area contributed by atoms with E-state index in [9.17, 15) is 125 Å². The van der Waals surface area contributed by atoms with Crippen LogP contribution in [0, 0.1) is 0 Å². The van der Waals surface area contributed by atoms with Gasteiger partial charge in [0.2, 0.25) is 35.5 Å². The van der Waals surface area contributed by atoms with Crippen molar-refractivity contribution < 1.29 is 120 Å². The molecular formula is C44H62N12O25S. The largest absolute Gasteiger partial charge is 0.481 e. The number of anilines is 2. The molecule has 2 aromatic heterocycles. The molecular weight excluding hydrogens is 1130 g/mol. The number of fused-ring (bicyclic) bond motifs is 1. The van der Waals surface area contributed by atoms with Crippen molar-refractivity contribution in [3.8, 4) is 0 Å². The number of nitrogens with zero attached hydrogens (tertiary/aromatic N) is 3. The number of benzene rings is 1. The standard InChI is InChI=1S/C44H62N12O25S/c45-44-55-35-28(41(77)56-44)48-16(9-47-35)8-46-15-3-1-14(2-4-15)36(72)49-17(42(78)79)5-6-23(63)52-25(32(69)29(66)20(60)10-57)38(74)50-18(7-24(64)65)37(73)53-27(34(71)31(68)22(62)12-59)40(76)54-26(33(70)30(67)21(61)11-58)39(75)51-19(13-82)43(80)81/h1-4,9,17-22,25-27,29-34,46,57-62,66-71,82H,5-8,10-13H2,(H,49,72)(H,50,74)(H,51,75)(H,52,63)(H,53,73)(H,54,76)(H,64,65)(H,78,79)(H,80,81)(H3,45,47,55,56,77)/t17-,18-,19+,20+,21+,22+,25?,26-,27?,29+,30+,31+,32+,33+,34+/m0/s1. The number of H-pyrrole nitrogens is 1. The molecule has 0 aliphatic carbocycles. The van der Waals surface area contributed by atoms with Crippen molar-refractivity contribution in [1.29, 1.82) is 0 Å². The van der Waals surface area contributed by atoms with E-state index < -0.39 is 195 Å². The number of thiol groups is 1. The minimum atomic E-state index is -2.87. The Bertz CT molecular complexity index is 2780. The third kappa shape index (κ3) is 19.4. The maximum Gasteiger partial charge on any atom is 0.327 e. The highest BCUT2D eigenvalue weighted by atomic mass is 32.1. The molecule has 0 fully saturated rings. The fourth-order valence-corrected chi connectivity index (χ4v) is 7.36. The van der Waals surface area contributed by atoms with Crippen molar-refractivity contribution in [3.63, 3.8) is 0 Å². The lowest BCUT2D eigenvalue weighted by Crippen LogP contribution is -2.67. The third-order valence-electron chi connectivity index (χ3n) is 11.8. The Morgan fingerprint density at radius 3 is 1.51 bits per heavy atom. The highest BCUT2D eigenvalue weighted by Gasteiger charge is 2.44. The number of aromatic nitrogens is 4. The van der Waals surface area contributed by atoms with Gasteiger partial charge in [0.05, 0.1) is 44.7 Å². The first kappa shape index (κ1) is 68.4. The van der Waals surface area contributed by atoms with Crippen LogP contribution in [-0.2, 0) is 44.9 Å². The normalized spacial score (nSPS) is 16.9. The molecule has 0 aliphatic rings. The summed E-state index contributed by atoms with van der Waals surface area (Å²) in [7, 11) is 0. The highest BCUT2D eigenvalue weighted by molar-refractivity contribution is 7.80. The van der Waals surface area contributed by atoms with Gasteiger partial charge in [0, 0.05) is 23.4 Å². The number of carboxylic acids is 3. The highest BCUT2D eigenvalue weighted by Crippen LogP contribution is 2.15. The van der Waals surface area contributed by atoms with E-state index in [0.717, 1.165) is 0 Å². The van der Waals surface area contributed by atoms with E-state index in [0.29, 0.717) is 11.4 Å². The fourth-order valence-electron chi connectivity index (χ4n) is 7.11.